The Morgan fingerprint density at radius 2 is 1.63 bits per heavy atom. The molecule has 0 aromatic carbocycles. The second-order valence-corrected chi connectivity index (χ2v) is 6.31. The van der Waals surface area contributed by atoms with Crippen LogP contribution in [0.1, 0.15) is 90.9 Å². The van der Waals surface area contributed by atoms with Gasteiger partial charge in [-0.15, -0.1) is 0 Å². The first kappa shape index (κ1) is 16.5. The zero-order valence-corrected chi connectivity index (χ0v) is 13.0. The Bertz CT molecular complexity index is 239. The fourth-order valence-electron chi connectivity index (χ4n) is 3.05. The van der Waals surface area contributed by atoms with Crippen LogP contribution in [-0.2, 0) is 4.79 Å². The first-order valence-corrected chi connectivity index (χ1v) is 8.53. The molecule has 1 aliphatic rings. The average Bonchev–Trinajstić information content (AvgIpc) is 2.40. The van der Waals surface area contributed by atoms with Gasteiger partial charge in [0.25, 0.3) is 0 Å². The van der Waals surface area contributed by atoms with Crippen molar-refractivity contribution >= 4 is 5.91 Å². The molecule has 0 aromatic heterocycles. The van der Waals surface area contributed by atoms with E-state index in [4.69, 9.17) is 0 Å². The molecule has 0 saturated heterocycles. The monoisotopic (exact) mass is 267 g/mol. The van der Waals surface area contributed by atoms with E-state index in [1.165, 1.54) is 64.2 Å². The van der Waals surface area contributed by atoms with Gasteiger partial charge in [0.15, 0.2) is 0 Å². The third-order valence-electron chi connectivity index (χ3n) is 4.47. The molecule has 0 aromatic rings. The standard InChI is InChI=1S/C17H33NO/c1-3-4-5-6-7-8-9-14-17(19)18-16-13-11-10-12-15(16)2/h15-16H,3-14H2,1-2H3,(H,18,19). The van der Waals surface area contributed by atoms with Crippen LogP contribution in [0.25, 0.3) is 0 Å². The number of hydrogen-bond acceptors (Lipinski definition) is 1. The zero-order valence-electron chi connectivity index (χ0n) is 13.0. The van der Waals surface area contributed by atoms with Crippen LogP contribution < -0.4 is 5.32 Å². The number of rotatable bonds is 9. The number of amides is 1. The molecule has 19 heavy (non-hydrogen) atoms. The molecule has 112 valence electrons. The van der Waals surface area contributed by atoms with Gasteiger partial charge in [0.2, 0.25) is 5.91 Å². The van der Waals surface area contributed by atoms with Crippen molar-refractivity contribution < 1.29 is 4.79 Å². The Balaban J connectivity index is 1.98. The van der Waals surface area contributed by atoms with Gasteiger partial charge in [0.1, 0.15) is 0 Å². The SMILES string of the molecule is CCCCCCCCCC(=O)NC1CCCCC1C. The minimum atomic E-state index is 0.285. The van der Waals surface area contributed by atoms with Crippen LogP contribution in [-0.4, -0.2) is 11.9 Å². The maximum Gasteiger partial charge on any atom is 0.220 e. The van der Waals surface area contributed by atoms with Crippen LogP contribution in [0, 0.1) is 5.92 Å². The Kier molecular flexibility index (Phi) is 8.94. The second kappa shape index (κ2) is 10.3. The largest absolute Gasteiger partial charge is 0.353 e. The summed E-state index contributed by atoms with van der Waals surface area (Å²) in [5.41, 5.74) is 0. The molecule has 1 aliphatic carbocycles. The summed E-state index contributed by atoms with van der Waals surface area (Å²) < 4.78 is 0. The highest BCUT2D eigenvalue weighted by molar-refractivity contribution is 5.76. The van der Waals surface area contributed by atoms with Gasteiger partial charge in [0.05, 0.1) is 0 Å². The highest BCUT2D eigenvalue weighted by Crippen LogP contribution is 2.23. The van der Waals surface area contributed by atoms with Gasteiger partial charge in [-0.3, -0.25) is 4.79 Å². The Labute approximate surface area is 119 Å². The molecular weight excluding hydrogens is 234 g/mol. The number of carbonyl (C=O) groups is 1. The van der Waals surface area contributed by atoms with Crippen molar-refractivity contribution in [1.29, 1.82) is 0 Å². The summed E-state index contributed by atoms with van der Waals surface area (Å²) in [6.07, 6.45) is 14.8. The first-order chi connectivity index (χ1) is 9.24. The van der Waals surface area contributed by atoms with Crippen molar-refractivity contribution in [3.63, 3.8) is 0 Å². The van der Waals surface area contributed by atoms with E-state index < -0.39 is 0 Å². The summed E-state index contributed by atoms with van der Waals surface area (Å²) in [6.45, 7) is 4.52. The molecule has 0 bridgehead atoms. The van der Waals surface area contributed by atoms with E-state index in [0.29, 0.717) is 12.0 Å². The van der Waals surface area contributed by atoms with Gasteiger partial charge in [0, 0.05) is 12.5 Å². The Hall–Kier alpha value is -0.530. The lowest BCUT2D eigenvalue weighted by Crippen LogP contribution is -2.40. The fraction of sp³-hybridized carbons (Fsp3) is 0.941. The summed E-state index contributed by atoms with van der Waals surface area (Å²) >= 11 is 0. The van der Waals surface area contributed by atoms with E-state index in [2.05, 4.69) is 19.2 Å². The van der Waals surface area contributed by atoms with Crippen LogP contribution in [0.3, 0.4) is 0 Å². The predicted octanol–water partition coefficient (Wildman–Crippen LogP) is 4.82. The van der Waals surface area contributed by atoms with E-state index in [9.17, 15) is 4.79 Å². The van der Waals surface area contributed by atoms with Crippen molar-refractivity contribution in [3.8, 4) is 0 Å². The van der Waals surface area contributed by atoms with E-state index in [1.807, 2.05) is 0 Å². The average molecular weight is 267 g/mol. The smallest absolute Gasteiger partial charge is 0.220 e. The highest BCUT2D eigenvalue weighted by Gasteiger charge is 2.22. The Morgan fingerprint density at radius 3 is 2.32 bits per heavy atom. The molecule has 1 saturated carbocycles. The maximum atomic E-state index is 11.9. The molecule has 1 rings (SSSR count). The lowest BCUT2D eigenvalue weighted by Gasteiger charge is -2.29. The van der Waals surface area contributed by atoms with Crippen LogP contribution in [0.4, 0.5) is 0 Å². The van der Waals surface area contributed by atoms with Crippen molar-refractivity contribution in [2.24, 2.45) is 5.92 Å². The molecule has 2 atom stereocenters. The molecule has 0 radical (unpaired) electrons. The number of hydrogen-bond donors (Lipinski definition) is 1. The van der Waals surface area contributed by atoms with Crippen LogP contribution in [0.15, 0.2) is 0 Å². The van der Waals surface area contributed by atoms with Crippen molar-refractivity contribution in [2.75, 3.05) is 0 Å². The third-order valence-corrected chi connectivity index (χ3v) is 4.47. The van der Waals surface area contributed by atoms with Gasteiger partial charge < -0.3 is 5.32 Å². The summed E-state index contributed by atoms with van der Waals surface area (Å²) in [5, 5.41) is 3.24. The molecule has 1 amide bonds. The summed E-state index contributed by atoms with van der Waals surface area (Å²) in [4.78, 5) is 11.9. The van der Waals surface area contributed by atoms with Crippen molar-refractivity contribution in [1.82, 2.24) is 5.32 Å². The molecule has 2 unspecified atom stereocenters. The third kappa shape index (κ3) is 7.59. The quantitative estimate of drug-likeness (QED) is 0.596. The maximum absolute atomic E-state index is 11.9. The summed E-state index contributed by atoms with van der Waals surface area (Å²) in [7, 11) is 0. The second-order valence-electron chi connectivity index (χ2n) is 6.31. The van der Waals surface area contributed by atoms with Crippen LogP contribution in [0.5, 0.6) is 0 Å². The van der Waals surface area contributed by atoms with Gasteiger partial charge in [-0.05, 0) is 25.2 Å². The molecule has 1 N–H and O–H groups in total. The van der Waals surface area contributed by atoms with Gasteiger partial charge >= 0.3 is 0 Å². The molecule has 2 heteroatoms. The minimum Gasteiger partial charge on any atom is -0.353 e. The molecule has 0 aliphatic heterocycles. The summed E-state index contributed by atoms with van der Waals surface area (Å²) in [5.74, 6) is 0.957. The van der Waals surface area contributed by atoms with E-state index >= 15 is 0 Å². The molecule has 0 spiro atoms. The molecule has 2 nitrogen and oxygen atoms in total. The Morgan fingerprint density at radius 1 is 1.00 bits per heavy atom. The molecule has 1 fully saturated rings. The number of carbonyl (C=O) groups excluding carboxylic acids is 1. The van der Waals surface area contributed by atoms with Crippen LogP contribution in [0.2, 0.25) is 0 Å². The predicted molar refractivity (Wildman–Crippen MR) is 82.2 cm³/mol. The topological polar surface area (TPSA) is 29.1 Å². The number of nitrogens with one attached hydrogen (secondary N) is 1. The first-order valence-electron chi connectivity index (χ1n) is 8.53. The summed E-state index contributed by atoms with van der Waals surface area (Å²) in [6, 6.07) is 0.450. The molecular formula is C17H33NO. The van der Waals surface area contributed by atoms with Crippen LogP contribution >= 0.6 is 0 Å². The van der Waals surface area contributed by atoms with Gasteiger partial charge in [-0.2, -0.15) is 0 Å². The lowest BCUT2D eigenvalue weighted by atomic mass is 9.86. The number of unbranched alkanes of at least 4 members (excludes halogenated alkanes) is 6. The fourth-order valence-corrected chi connectivity index (χ4v) is 3.05. The van der Waals surface area contributed by atoms with E-state index in [-0.39, 0.29) is 5.91 Å². The lowest BCUT2D eigenvalue weighted by molar-refractivity contribution is -0.122. The normalized spacial score (nSPS) is 23.3. The molecule has 0 heterocycles. The van der Waals surface area contributed by atoms with E-state index in [0.717, 1.165) is 12.8 Å². The van der Waals surface area contributed by atoms with Crippen molar-refractivity contribution in [2.45, 2.75) is 96.9 Å². The zero-order chi connectivity index (χ0) is 13.9. The van der Waals surface area contributed by atoms with Gasteiger partial charge in [-0.25, -0.2) is 0 Å². The van der Waals surface area contributed by atoms with E-state index in [1.54, 1.807) is 0 Å². The minimum absolute atomic E-state index is 0.285. The highest BCUT2D eigenvalue weighted by atomic mass is 16.1. The van der Waals surface area contributed by atoms with Crippen molar-refractivity contribution in [3.05, 3.63) is 0 Å². The van der Waals surface area contributed by atoms with Gasteiger partial charge in [-0.1, -0.05) is 65.2 Å².